The van der Waals surface area contributed by atoms with E-state index in [1.165, 1.54) is 135 Å². The van der Waals surface area contributed by atoms with E-state index in [0.717, 1.165) is 89.9 Å². The third-order valence-electron chi connectivity index (χ3n) is 13.6. The summed E-state index contributed by atoms with van der Waals surface area (Å²) in [4.78, 5) is 13.1. The van der Waals surface area contributed by atoms with Gasteiger partial charge in [0.05, 0.1) is 25.4 Å². The Hall–Kier alpha value is -2.89. The van der Waals surface area contributed by atoms with Crippen LogP contribution in [0.3, 0.4) is 0 Å². The quantitative estimate of drug-likeness (QED) is 0.0261. The highest BCUT2D eigenvalue weighted by molar-refractivity contribution is 5.76. The van der Waals surface area contributed by atoms with Crippen LogP contribution in [0, 0.1) is 0 Å². The van der Waals surface area contributed by atoms with Gasteiger partial charge in [0, 0.05) is 6.42 Å². The molecular formula is C64H111NO8. The van der Waals surface area contributed by atoms with Crippen LogP contribution in [0.4, 0.5) is 0 Å². The molecule has 7 atom stereocenters. The highest BCUT2D eigenvalue weighted by atomic mass is 16.7. The number of rotatable bonds is 50. The van der Waals surface area contributed by atoms with Gasteiger partial charge in [0.2, 0.25) is 5.91 Å². The number of hydrogen-bond donors (Lipinski definition) is 6. The summed E-state index contributed by atoms with van der Waals surface area (Å²) in [5.74, 6) is -0.194. The maximum atomic E-state index is 13.1. The molecule has 420 valence electrons. The minimum absolute atomic E-state index is 0.194. The van der Waals surface area contributed by atoms with Crippen LogP contribution in [0.25, 0.3) is 0 Å². The largest absolute Gasteiger partial charge is 0.394 e. The highest BCUT2D eigenvalue weighted by Gasteiger charge is 2.44. The summed E-state index contributed by atoms with van der Waals surface area (Å²) < 4.78 is 11.3. The second kappa shape index (κ2) is 52.5. The van der Waals surface area contributed by atoms with Crippen molar-refractivity contribution in [3.8, 4) is 0 Å². The zero-order valence-electron chi connectivity index (χ0n) is 46.6. The lowest BCUT2D eigenvalue weighted by molar-refractivity contribution is -0.302. The fourth-order valence-electron chi connectivity index (χ4n) is 8.94. The van der Waals surface area contributed by atoms with Crippen LogP contribution in [0.1, 0.15) is 245 Å². The van der Waals surface area contributed by atoms with Crippen LogP contribution >= 0.6 is 0 Å². The minimum Gasteiger partial charge on any atom is -0.394 e. The van der Waals surface area contributed by atoms with Crippen LogP contribution in [-0.2, 0) is 14.3 Å². The Morgan fingerprint density at radius 1 is 0.479 bits per heavy atom. The van der Waals surface area contributed by atoms with Crippen LogP contribution < -0.4 is 5.32 Å². The van der Waals surface area contributed by atoms with Crippen molar-refractivity contribution in [2.75, 3.05) is 13.2 Å². The van der Waals surface area contributed by atoms with Crippen molar-refractivity contribution in [3.63, 3.8) is 0 Å². The minimum atomic E-state index is -1.58. The lowest BCUT2D eigenvalue weighted by Gasteiger charge is -2.40. The van der Waals surface area contributed by atoms with E-state index in [4.69, 9.17) is 9.47 Å². The SMILES string of the molecule is CC/C=C\C/C=C\C/C=C\C/C=C\C/C=C\C/C=C\CCCCCCCCCCCCC(=O)NC(COC1OC(CO)C(O)C(O)C1O)C(O)/C=C/CC/C=C/CCCCCCCCCCCCCCCCC. The Morgan fingerprint density at radius 3 is 1.32 bits per heavy atom. The van der Waals surface area contributed by atoms with Crippen molar-refractivity contribution in [2.24, 2.45) is 0 Å². The van der Waals surface area contributed by atoms with Crippen molar-refractivity contribution >= 4 is 5.91 Å². The van der Waals surface area contributed by atoms with Gasteiger partial charge in [-0.2, -0.15) is 0 Å². The first-order chi connectivity index (χ1) is 35.8. The number of aliphatic hydroxyl groups is 5. The van der Waals surface area contributed by atoms with E-state index in [1.807, 2.05) is 6.08 Å². The molecule has 1 aliphatic rings. The van der Waals surface area contributed by atoms with Gasteiger partial charge in [-0.1, -0.05) is 252 Å². The number of unbranched alkanes of at least 4 members (excludes halogenated alkanes) is 26. The zero-order chi connectivity index (χ0) is 52.9. The van der Waals surface area contributed by atoms with Gasteiger partial charge in [0.1, 0.15) is 24.4 Å². The van der Waals surface area contributed by atoms with E-state index in [9.17, 15) is 30.3 Å². The van der Waals surface area contributed by atoms with Crippen LogP contribution in [0.5, 0.6) is 0 Å². The van der Waals surface area contributed by atoms with E-state index in [0.29, 0.717) is 6.42 Å². The predicted octanol–water partition coefficient (Wildman–Crippen LogP) is 15.2. The van der Waals surface area contributed by atoms with Gasteiger partial charge < -0.3 is 40.3 Å². The summed E-state index contributed by atoms with van der Waals surface area (Å²) in [7, 11) is 0. The fraction of sp³-hybridized carbons (Fsp3) is 0.734. The van der Waals surface area contributed by atoms with Gasteiger partial charge in [-0.3, -0.25) is 4.79 Å². The van der Waals surface area contributed by atoms with Crippen molar-refractivity contribution in [3.05, 3.63) is 97.2 Å². The predicted molar refractivity (Wildman–Crippen MR) is 308 cm³/mol. The molecule has 9 heteroatoms. The topological polar surface area (TPSA) is 149 Å². The first kappa shape index (κ1) is 68.1. The Balaban J connectivity index is 2.24. The van der Waals surface area contributed by atoms with E-state index >= 15 is 0 Å². The molecule has 7 unspecified atom stereocenters. The first-order valence-electron chi connectivity index (χ1n) is 30.0. The third kappa shape index (κ3) is 42.0. The van der Waals surface area contributed by atoms with Crippen molar-refractivity contribution in [2.45, 2.75) is 288 Å². The summed E-state index contributed by atoms with van der Waals surface area (Å²) in [6, 6.07) is -0.831. The van der Waals surface area contributed by atoms with Crippen LogP contribution in [0.15, 0.2) is 97.2 Å². The smallest absolute Gasteiger partial charge is 0.220 e. The second-order valence-corrected chi connectivity index (χ2v) is 20.4. The van der Waals surface area contributed by atoms with Gasteiger partial charge in [-0.05, 0) is 83.5 Å². The second-order valence-electron chi connectivity index (χ2n) is 20.4. The third-order valence-corrected chi connectivity index (χ3v) is 13.6. The molecule has 0 radical (unpaired) electrons. The molecule has 9 nitrogen and oxygen atoms in total. The molecule has 1 heterocycles. The lowest BCUT2D eigenvalue weighted by atomic mass is 9.99. The van der Waals surface area contributed by atoms with Gasteiger partial charge in [-0.15, -0.1) is 0 Å². The average Bonchev–Trinajstić information content (AvgIpc) is 3.39. The number of ether oxygens (including phenoxy) is 2. The van der Waals surface area contributed by atoms with Crippen molar-refractivity contribution in [1.29, 1.82) is 0 Å². The van der Waals surface area contributed by atoms with E-state index < -0.39 is 49.5 Å². The highest BCUT2D eigenvalue weighted by Crippen LogP contribution is 2.23. The molecular weight excluding hydrogens is 911 g/mol. The summed E-state index contributed by atoms with van der Waals surface area (Å²) in [6.07, 6.45) is 69.0. The van der Waals surface area contributed by atoms with Gasteiger partial charge in [0.25, 0.3) is 0 Å². The monoisotopic (exact) mass is 1020 g/mol. The molecule has 6 N–H and O–H groups in total. The molecule has 0 spiro atoms. The molecule has 0 bridgehead atoms. The van der Waals surface area contributed by atoms with Crippen LogP contribution in [-0.4, -0.2) is 87.5 Å². The van der Waals surface area contributed by atoms with E-state index in [1.54, 1.807) is 6.08 Å². The van der Waals surface area contributed by atoms with Gasteiger partial charge in [-0.25, -0.2) is 0 Å². The number of carbonyl (C=O) groups is 1. The molecule has 1 amide bonds. The van der Waals surface area contributed by atoms with Gasteiger partial charge in [0.15, 0.2) is 6.29 Å². The van der Waals surface area contributed by atoms with E-state index in [2.05, 4.69) is 104 Å². The Morgan fingerprint density at radius 2 is 0.863 bits per heavy atom. The summed E-state index contributed by atoms with van der Waals surface area (Å²) >= 11 is 0. The molecule has 0 aliphatic carbocycles. The molecule has 73 heavy (non-hydrogen) atoms. The summed E-state index contributed by atoms with van der Waals surface area (Å²) in [5.41, 5.74) is 0. The first-order valence-corrected chi connectivity index (χ1v) is 30.0. The molecule has 1 saturated heterocycles. The number of nitrogens with one attached hydrogen (secondary N) is 1. The zero-order valence-corrected chi connectivity index (χ0v) is 46.6. The maximum Gasteiger partial charge on any atom is 0.220 e. The number of aliphatic hydroxyl groups excluding tert-OH is 5. The van der Waals surface area contributed by atoms with Gasteiger partial charge >= 0.3 is 0 Å². The summed E-state index contributed by atoms with van der Waals surface area (Å²) in [5, 5.41) is 54.5. The van der Waals surface area contributed by atoms with Crippen LogP contribution in [0.2, 0.25) is 0 Å². The normalized spacial score (nSPS) is 19.8. The van der Waals surface area contributed by atoms with E-state index in [-0.39, 0.29) is 12.5 Å². The van der Waals surface area contributed by atoms with Crippen molar-refractivity contribution < 1.29 is 39.8 Å². The Kier molecular flexibility index (Phi) is 49.0. The Bertz CT molecular complexity index is 1460. The standard InChI is InChI=1S/C64H111NO8/c1-3-5-7-9-11-13-15-17-19-21-23-25-26-27-28-29-30-31-32-34-36-38-40-42-44-46-48-50-52-54-60(68)65-57(56-72-64-63(71)62(70)61(69)59(55-66)73-64)58(67)53-51-49-47-45-43-41-39-37-35-33-24-22-20-18-16-14-12-10-8-6-4-2/h5,7,11,13,17,19,23,25,27-28,30-31,43,45,51,53,57-59,61-64,66-67,69-71H,3-4,6,8-10,12,14-16,18,20-22,24,26,29,32-42,44,46-50,52,54-56H2,1-2H3,(H,65,68)/b7-5-,13-11-,19-17-,25-23-,28-27-,31-30-,45-43+,53-51+. The molecule has 1 fully saturated rings. The molecule has 1 aliphatic heterocycles. The maximum absolute atomic E-state index is 13.1. The molecule has 0 saturated carbocycles. The number of carbonyl (C=O) groups excluding carboxylic acids is 1. The molecule has 0 aromatic carbocycles. The summed E-state index contributed by atoms with van der Waals surface area (Å²) in [6.45, 7) is 3.66. The van der Waals surface area contributed by atoms with Crippen molar-refractivity contribution in [1.82, 2.24) is 5.32 Å². The molecule has 1 rings (SSSR count). The number of amides is 1. The number of hydrogen-bond acceptors (Lipinski definition) is 8. The molecule has 0 aromatic rings. The molecule has 0 aromatic heterocycles. The fourth-order valence-corrected chi connectivity index (χ4v) is 8.94. The number of allylic oxidation sites excluding steroid dienone is 15. The average molecular weight is 1020 g/mol. The lowest BCUT2D eigenvalue weighted by Crippen LogP contribution is -2.60. The Labute approximate surface area is 447 Å².